The van der Waals surface area contributed by atoms with Crippen molar-refractivity contribution < 1.29 is 53.7 Å². The number of hydrogen-bond acceptors (Lipinski definition) is 3. The second-order valence-corrected chi connectivity index (χ2v) is 3.13. The highest BCUT2D eigenvalue weighted by Crippen LogP contribution is 2.27. The highest BCUT2D eigenvalue weighted by Gasteiger charge is 2.42. The van der Waals surface area contributed by atoms with E-state index in [1.54, 1.807) is 0 Å². The van der Waals surface area contributed by atoms with Crippen molar-refractivity contribution in [1.29, 1.82) is 0 Å². The normalized spacial score (nSPS) is 17.4. The molecule has 0 bridgehead atoms. The van der Waals surface area contributed by atoms with Gasteiger partial charge in [-0.05, 0) is 6.92 Å². The molecule has 116 valence electrons. The number of rotatable bonds is 5. The van der Waals surface area contributed by atoms with Crippen LogP contribution in [-0.4, -0.2) is 37.9 Å². The van der Waals surface area contributed by atoms with E-state index in [-0.39, 0.29) is 0 Å². The van der Waals surface area contributed by atoms with Crippen molar-refractivity contribution in [2.24, 2.45) is 0 Å². The quantitative estimate of drug-likeness (QED) is 0.729. The topological polar surface area (TPSA) is 27.7 Å². The maximum atomic E-state index is 11.8. The van der Waals surface area contributed by atoms with Crippen molar-refractivity contribution in [3.05, 3.63) is 0 Å². The first-order valence-corrected chi connectivity index (χ1v) is 4.39. The van der Waals surface area contributed by atoms with E-state index in [1.807, 2.05) is 0 Å². The molecule has 0 rings (SSSR count). The molecule has 0 amide bonds. The van der Waals surface area contributed by atoms with Crippen LogP contribution >= 0.6 is 0 Å². The Labute approximate surface area is 99.8 Å². The highest BCUT2D eigenvalue weighted by molar-refractivity contribution is 4.67. The van der Waals surface area contributed by atoms with Gasteiger partial charge in [0.25, 0.3) is 0 Å². The Bertz CT molecular complexity index is 268. The van der Waals surface area contributed by atoms with Crippen LogP contribution in [0.1, 0.15) is 6.92 Å². The third kappa shape index (κ3) is 10.8. The second kappa shape index (κ2) is 6.13. The third-order valence-corrected chi connectivity index (χ3v) is 1.54. The largest absolute Gasteiger partial charge is 0.522 e. The van der Waals surface area contributed by atoms with E-state index < -0.39 is 37.9 Å². The summed E-state index contributed by atoms with van der Waals surface area (Å²) in [5, 5.41) is 0. The molecule has 19 heavy (non-hydrogen) atoms. The number of halogens is 9. The van der Waals surface area contributed by atoms with Crippen molar-refractivity contribution in [3.8, 4) is 0 Å². The lowest BCUT2D eigenvalue weighted by Gasteiger charge is -2.26. The molecule has 0 heterocycles. The van der Waals surface area contributed by atoms with Crippen molar-refractivity contribution >= 4 is 0 Å². The lowest BCUT2D eigenvalue weighted by molar-refractivity contribution is -0.401. The maximum absolute atomic E-state index is 11.8. The van der Waals surface area contributed by atoms with Crippen molar-refractivity contribution in [2.75, 3.05) is 6.61 Å². The van der Waals surface area contributed by atoms with Gasteiger partial charge in [-0.2, -0.15) is 0 Å². The smallest absolute Gasteiger partial charge is 0.289 e. The molecule has 0 aliphatic heterocycles. The van der Waals surface area contributed by atoms with Gasteiger partial charge in [-0.3, -0.25) is 14.2 Å². The number of ether oxygens (including phenoxy) is 3. The van der Waals surface area contributed by atoms with Gasteiger partial charge < -0.3 is 0 Å². The van der Waals surface area contributed by atoms with Crippen LogP contribution in [0.25, 0.3) is 0 Å². The second-order valence-electron chi connectivity index (χ2n) is 3.13. The molecule has 0 spiro atoms. The minimum atomic E-state index is -5.44. The van der Waals surface area contributed by atoms with Crippen LogP contribution in [0.5, 0.6) is 0 Å². The van der Waals surface area contributed by atoms with E-state index in [9.17, 15) is 39.5 Å². The Balaban J connectivity index is 4.66. The molecule has 0 fully saturated rings. The average Bonchev–Trinajstić information content (AvgIpc) is 2.05. The molecule has 0 radical (unpaired) electrons. The summed E-state index contributed by atoms with van der Waals surface area (Å²) in [5.74, 6) is 0. The van der Waals surface area contributed by atoms with E-state index in [0.29, 0.717) is 6.92 Å². The highest BCUT2D eigenvalue weighted by atomic mass is 19.4. The van der Waals surface area contributed by atoms with Gasteiger partial charge in [-0.25, -0.2) is 0 Å². The monoisotopic (exact) mass is 310 g/mol. The predicted molar refractivity (Wildman–Crippen MR) is 39.5 cm³/mol. The van der Waals surface area contributed by atoms with E-state index in [2.05, 4.69) is 14.2 Å². The van der Waals surface area contributed by atoms with E-state index >= 15 is 0 Å². The lowest BCUT2D eigenvalue weighted by atomic mass is 10.2. The molecule has 2 unspecified atom stereocenters. The van der Waals surface area contributed by atoms with E-state index in [1.165, 1.54) is 0 Å². The number of alkyl halides is 9. The van der Waals surface area contributed by atoms with Gasteiger partial charge >= 0.3 is 19.1 Å². The van der Waals surface area contributed by atoms with Crippen LogP contribution in [0.2, 0.25) is 0 Å². The molecule has 0 aromatic carbocycles. The predicted octanol–water partition coefficient (Wildman–Crippen LogP) is 3.35. The summed E-state index contributed by atoms with van der Waals surface area (Å²) < 4.78 is 115. The SMILES string of the molecule is CC(OC(F)(F)F)C(COC(F)(F)F)OC(F)(F)F. The van der Waals surface area contributed by atoms with Gasteiger partial charge in [-0.1, -0.05) is 0 Å². The molecule has 0 aromatic rings. The van der Waals surface area contributed by atoms with Crippen molar-refractivity contribution in [2.45, 2.75) is 38.2 Å². The molecule has 12 heteroatoms. The summed E-state index contributed by atoms with van der Waals surface area (Å²) in [6, 6.07) is 0. The molecule has 0 aromatic heterocycles. The fourth-order valence-corrected chi connectivity index (χ4v) is 0.900. The van der Waals surface area contributed by atoms with Crippen LogP contribution in [0.3, 0.4) is 0 Å². The first kappa shape index (κ1) is 18.2. The Morgan fingerprint density at radius 3 is 1.47 bits per heavy atom. The van der Waals surface area contributed by atoms with Crippen molar-refractivity contribution in [1.82, 2.24) is 0 Å². The Morgan fingerprint density at radius 1 is 0.737 bits per heavy atom. The van der Waals surface area contributed by atoms with Crippen LogP contribution in [-0.2, 0) is 14.2 Å². The van der Waals surface area contributed by atoms with Crippen LogP contribution in [0, 0.1) is 0 Å². The fourth-order valence-electron chi connectivity index (χ4n) is 0.900. The summed E-state index contributed by atoms with van der Waals surface area (Å²) in [4.78, 5) is 0. The standard InChI is InChI=1S/C7H7F9O3/c1-3(18-6(11,12)13)4(19-7(14,15)16)2-17-5(8,9)10/h3-4H,2H2,1H3. The van der Waals surface area contributed by atoms with Gasteiger partial charge in [0.2, 0.25) is 0 Å². The summed E-state index contributed by atoms with van der Waals surface area (Å²) in [7, 11) is 0. The maximum Gasteiger partial charge on any atom is 0.522 e. The Kier molecular flexibility index (Phi) is 5.89. The van der Waals surface area contributed by atoms with Gasteiger partial charge in [0.15, 0.2) is 0 Å². The van der Waals surface area contributed by atoms with Gasteiger partial charge in [0, 0.05) is 0 Å². The zero-order valence-corrected chi connectivity index (χ0v) is 8.99. The van der Waals surface area contributed by atoms with Crippen LogP contribution < -0.4 is 0 Å². The Hall–Kier alpha value is -0.750. The summed E-state index contributed by atoms with van der Waals surface area (Å²) in [6.45, 7) is -1.34. The molecule has 0 saturated carbocycles. The molecule has 3 nitrogen and oxygen atoms in total. The zero-order valence-electron chi connectivity index (χ0n) is 8.99. The first-order chi connectivity index (χ1) is 8.20. The Morgan fingerprint density at radius 2 is 1.16 bits per heavy atom. The summed E-state index contributed by atoms with van der Waals surface area (Å²) in [6.07, 6.45) is -21.1. The first-order valence-electron chi connectivity index (χ1n) is 4.39. The molecular formula is C7H7F9O3. The van der Waals surface area contributed by atoms with Crippen molar-refractivity contribution in [3.63, 3.8) is 0 Å². The summed E-state index contributed by atoms with van der Waals surface area (Å²) >= 11 is 0. The molecule has 0 aliphatic rings. The zero-order chi connectivity index (χ0) is 15.5. The van der Waals surface area contributed by atoms with Crippen LogP contribution in [0.15, 0.2) is 0 Å². The van der Waals surface area contributed by atoms with Gasteiger partial charge in [-0.15, -0.1) is 39.5 Å². The lowest BCUT2D eigenvalue weighted by Crippen LogP contribution is -2.41. The van der Waals surface area contributed by atoms with Gasteiger partial charge in [0.05, 0.1) is 12.7 Å². The van der Waals surface area contributed by atoms with E-state index in [0.717, 1.165) is 0 Å². The van der Waals surface area contributed by atoms with Gasteiger partial charge in [0.1, 0.15) is 6.10 Å². The van der Waals surface area contributed by atoms with Crippen LogP contribution in [0.4, 0.5) is 39.5 Å². The van der Waals surface area contributed by atoms with E-state index in [4.69, 9.17) is 0 Å². The molecular weight excluding hydrogens is 303 g/mol. The fraction of sp³-hybridized carbons (Fsp3) is 1.00. The minimum absolute atomic E-state index is 0.462. The average molecular weight is 310 g/mol. The summed E-state index contributed by atoms with van der Waals surface area (Å²) in [5.41, 5.74) is 0. The third-order valence-electron chi connectivity index (χ3n) is 1.54. The molecule has 0 saturated heterocycles. The molecule has 2 atom stereocenters. The molecule has 0 N–H and O–H groups in total. The number of hydrogen-bond donors (Lipinski definition) is 0. The molecule has 0 aliphatic carbocycles. The minimum Gasteiger partial charge on any atom is -0.289 e.